The summed E-state index contributed by atoms with van der Waals surface area (Å²) in [5.74, 6) is -0.308. The Hall–Kier alpha value is -1.58. The topological polar surface area (TPSA) is 32.3 Å². The molecular weight excluding hydrogens is 231 g/mol. The molecule has 3 nitrogen and oxygen atoms in total. The van der Waals surface area contributed by atoms with E-state index in [4.69, 9.17) is 0 Å². The van der Waals surface area contributed by atoms with E-state index in [-0.39, 0.29) is 11.7 Å². The molecule has 1 aromatic rings. The van der Waals surface area contributed by atoms with Crippen molar-refractivity contribution in [3.05, 3.63) is 29.6 Å². The number of carbonyl (C=O) groups excluding carboxylic acids is 1. The summed E-state index contributed by atoms with van der Waals surface area (Å²) in [6.07, 6.45) is 0. The van der Waals surface area contributed by atoms with Crippen LogP contribution >= 0.6 is 0 Å². The Morgan fingerprint density at radius 2 is 2.00 bits per heavy atom. The quantitative estimate of drug-likeness (QED) is 0.874. The first kappa shape index (κ1) is 14.5. The van der Waals surface area contributed by atoms with Gasteiger partial charge < -0.3 is 10.2 Å². The van der Waals surface area contributed by atoms with E-state index < -0.39 is 6.04 Å². The predicted octanol–water partition coefficient (Wildman–Crippen LogP) is 2.80. The lowest BCUT2D eigenvalue weighted by Crippen LogP contribution is -2.41. The molecule has 1 unspecified atom stereocenters. The summed E-state index contributed by atoms with van der Waals surface area (Å²) >= 11 is 0. The molecule has 0 heterocycles. The third-order valence-electron chi connectivity index (χ3n) is 3.01. The molecule has 0 saturated carbocycles. The summed E-state index contributed by atoms with van der Waals surface area (Å²) in [6, 6.07) is 4.70. The minimum absolute atomic E-state index is 0.0130. The molecule has 0 fully saturated rings. The second-order valence-electron chi connectivity index (χ2n) is 4.31. The lowest BCUT2D eigenvalue weighted by atomic mass is 10.2. The molecular formula is C14H21FN2O. The largest absolute Gasteiger partial charge is 0.372 e. The monoisotopic (exact) mass is 252 g/mol. The fourth-order valence-electron chi connectivity index (χ4n) is 1.86. The third kappa shape index (κ3) is 3.22. The molecule has 0 aliphatic carbocycles. The minimum atomic E-state index is -0.429. The van der Waals surface area contributed by atoms with Crippen LogP contribution < -0.4 is 5.32 Å². The van der Waals surface area contributed by atoms with Crippen LogP contribution in [0.2, 0.25) is 0 Å². The molecule has 4 heteroatoms. The average molecular weight is 252 g/mol. The Labute approximate surface area is 108 Å². The first-order valence-corrected chi connectivity index (χ1v) is 6.31. The predicted molar refractivity (Wildman–Crippen MR) is 72.1 cm³/mol. The molecule has 1 aromatic carbocycles. The summed E-state index contributed by atoms with van der Waals surface area (Å²) in [5, 5.41) is 2.93. The number of nitrogens with one attached hydrogen (secondary N) is 1. The number of nitrogens with zero attached hydrogens (tertiary/aromatic N) is 1. The van der Waals surface area contributed by atoms with Gasteiger partial charge in [-0.25, -0.2) is 4.39 Å². The number of hydrogen-bond acceptors (Lipinski definition) is 2. The average Bonchev–Trinajstić information content (AvgIpc) is 2.36. The molecule has 1 rings (SSSR count). The number of halogens is 1. The Balaban J connectivity index is 2.78. The van der Waals surface area contributed by atoms with E-state index in [1.165, 1.54) is 0 Å². The fraction of sp³-hybridized carbons (Fsp3) is 0.500. The highest BCUT2D eigenvalue weighted by molar-refractivity contribution is 5.84. The van der Waals surface area contributed by atoms with E-state index in [1.807, 2.05) is 13.8 Å². The van der Waals surface area contributed by atoms with Gasteiger partial charge in [0.25, 0.3) is 0 Å². The molecule has 0 radical (unpaired) electrons. The zero-order valence-electron chi connectivity index (χ0n) is 11.5. The van der Waals surface area contributed by atoms with Crippen molar-refractivity contribution >= 4 is 11.6 Å². The number of amides is 1. The van der Waals surface area contributed by atoms with Gasteiger partial charge in [0.2, 0.25) is 5.91 Å². The normalized spacial score (nSPS) is 12.1. The van der Waals surface area contributed by atoms with Crippen molar-refractivity contribution in [1.29, 1.82) is 0 Å². The molecule has 0 aromatic heterocycles. The van der Waals surface area contributed by atoms with Crippen LogP contribution in [-0.2, 0) is 4.79 Å². The lowest BCUT2D eigenvalue weighted by Gasteiger charge is -2.24. The molecule has 0 saturated heterocycles. The summed E-state index contributed by atoms with van der Waals surface area (Å²) in [4.78, 5) is 13.8. The Kier molecular flexibility index (Phi) is 5.13. The van der Waals surface area contributed by atoms with E-state index in [0.29, 0.717) is 24.3 Å². The summed E-state index contributed by atoms with van der Waals surface area (Å²) in [6.45, 7) is 8.65. The highest BCUT2D eigenvalue weighted by Crippen LogP contribution is 2.18. The maximum atomic E-state index is 13.8. The van der Waals surface area contributed by atoms with Crippen LogP contribution in [0.15, 0.2) is 18.2 Å². The summed E-state index contributed by atoms with van der Waals surface area (Å²) in [7, 11) is 0. The van der Waals surface area contributed by atoms with E-state index in [0.717, 1.165) is 0 Å². The second kappa shape index (κ2) is 6.38. The van der Waals surface area contributed by atoms with Crippen molar-refractivity contribution < 1.29 is 9.18 Å². The number of anilines is 1. The number of carbonyl (C=O) groups is 1. The van der Waals surface area contributed by atoms with Crippen LogP contribution in [0.4, 0.5) is 10.1 Å². The smallest absolute Gasteiger partial charge is 0.244 e. The molecule has 0 bridgehead atoms. The SMILES string of the molecule is CCN(CC)C(=O)C(C)Nc1cccc(C)c1F. The van der Waals surface area contributed by atoms with E-state index in [9.17, 15) is 9.18 Å². The van der Waals surface area contributed by atoms with Gasteiger partial charge in [0.15, 0.2) is 0 Å². The van der Waals surface area contributed by atoms with Gasteiger partial charge in [0, 0.05) is 13.1 Å². The number of rotatable bonds is 5. The van der Waals surface area contributed by atoms with Crippen molar-refractivity contribution in [2.24, 2.45) is 0 Å². The zero-order chi connectivity index (χ0) is 13.7. The number of aryl methyl sites for hydroxylation is 1. The first-order chi connectivity index (χ1) is 8.51. The zero-order valence-corrected chi connectivity index (χ0v) is 11.5. The molecule has 0 aliphatic heterocycles. The first-order valence-electron chi connectivity index (χ1n) is 6.31. The van der Waals surface area contributed by atoms with Crippen molar-refractivity contribution in [1.82, 2.24) is 4.90 Å². The maximum Gasteiger partial charge on any atom is 0.244 e. The van der Waals surface area contributed by atoms with Crippen LogP contribution in [0, 0.1) is 12.7 Å². The van der Waals surface area contributed by atoms with Crippen molar-refractivity contribution in [3.8, 4) is 0 Å². The molecule has 0 aliphatic rings. The highest BCUT2D eigenvalue weighted by atomic mass is 19.1. The van der Waals surface area contributed by atoms with Gasteiger partial charge in [-0.3, -0.25) is 4.79 Å². The van der Waals surface area contributed by atoms with Gasteiger partial charge in [-0.2, -0.15) is 0 Å². The third-order valence-corrected chi connectivity index (χ3v) is 3.01. The Morgan fingerprint density at radius 3 is 2.56 bits per heavy atom. The number of hydrogen-bond donors (Lipinski definition) is 1. The second-order valence-corrected chi connectivity index (χ2v) is 4.31. The maximum absolute atomic E-state index is 13.8. The van der Waals surface area contributed by atoms with Crippen LogP contribution in [0.3, 0.4) is 0 Å². The highest BCUT2D eigenvalue weighted by Gasteiger charge is 2.19. The molecule has 1 amide bonds. The van der Waals surface area contributed by atoms with Crippen LogP contribution in [-0.4, -0.2) is 29.9 Å². The molecule has 18 heavy (non-hydrogen) atoms. The Bertz CT molecular complexity index is 416. The van der Waals surface area contributed by atoms with Crippen LogP contribution in [0.5, 0.6) is 0 Å². The molecule has 1 N–H and O–H groups in total. The van der Waals surface area contributed by atoms with Gasteiger partial charge in [-0.1, -0.05) is 12.1 Å². The van der Waals surface area contributed by atoms with E-state index in [1.54, 1.807) is 36.9 Å². The Morgan fingerprint density at radius 1 is 1.39 bits per heavy atom. The van der Waals surface area contributed by atoms with Gasteiger partial charge >= 0.3 is 0 Å². The van der Waals surface area contributed by atoms with Gasteiger partial charge in [0.1, 0.15) is 11.9 Å². The van der Waals surface area contributed by atoms with E-state index >= 15 is 0 Å². The van der Waals surface area contributed by atoms with Gasteiger partial charge in [-0.05, 0) is 39.3 Å². The van der Waals surface area contributed by atoms with Crippen molar-refractivity contribution in [3.63, 3.8) is 0 Å². The standard InChI is InChI=1S/C14H21FN2O/c1-5-17(6-2)14(18)11(4)16-12-9-7-8-10(3)13(12)15/h7-9,11,16H,5-6H2,1-4H3. The van der Waals surface area contributed by atoms with E-state index in [2.05, 4.69) is 5.32 Å². The van der Waals surface area contributed by atoms with Crippen molar-refractivity contribution in [2.75, 3.05) is 18.4 Å². The minimum Gasteiger partial charge on any atom is -0.372 e. The van der Waals surface area contributed by atoms with Crippen molar-refractivity contribution in [2.45, 2.75) is 33.7 Å². The summed E-state index contributed by atoms with van der Waals surface area (Å²) in [5.41, 5.74) is 0.950. The fourth-order valence-corrected chi connectivity index (χ4v) is 1.86. The molecule has 100 valence electrons. The summed E-state index contributed by atoms with van der Waals surface area (Å²) < 4.78 is 13.8. The van der Waals surface area contributed by atoms with Crippen LogP contribution in [0.1, 0.15) is 26.3 Å². The molecule has 1 atom stereocenters. The van der Waals surface area contributed by atoms with Gasteiger partial charge in [-0.15, -0.1) is 0 Å². The lowest BCUT2D eigenvalue weighted by molar-refractivity contribution is -0.131. The van der Waals surface area contributed by atoms with Crippen LogP contribution in [0.25, 0.3) is 0 Å². The van der Waals surface area contributed by atoms with Gasteiger partial charge in [0.05, 0.1) is 5.69 Å². The number of likely N-dealkylation sites (N-methyl/N-ethyl adjacent to an activating group) is 1. The number of benzene rings is 1. The molecule has 0 spiro atoms.